The molecule has 114 valence electrons. The first-order chi connectivity index (χ1) is 9.75. The SMILES string of the molecule is CNC(C)c1nnn(-c2ccc(Cl)cc2C(F)(F)F)c1C. The number of halogens is 4. The Labute approximate surface area is 124 Å². The smallest absolute Gasteiger partial charge is 0.312 e. The van der Waals surface area contributed by atoms with Crippen LogP contribution in [0.25, 0.3) is 5.69 Å². The first kappa shape index (κ1) is 15.8. The molecule has 4 nitrogen and oxygen atoms in total. The van der Waals surface area contributed by atoms with Crippen molar-refractivity contribution in [2.24, 2.45) is 0 Å². The van der Waals surface area contributed by atoms with Gasteiger partial charge < -0.3 is 5.32 Å². The van der Waals surface area contributed by atoms with Gasteiger partial charge >= 0.3 is 6.18 Å². The Morgan fingerprint density at radius 2 is 2.00 bits per heavy atom. The minimum absolute atomic E-state index is 0.0210. The van der Waals surface area contributed by atoms with Crippen LogP contribution in [0.5, 0.6) is 0 Å². The minimum Gasteiger partial charge on any atom is -0.312 e. The summed E-state index contributed by atoms with van der Waals surface area (Å²) in [7, 11) is 1.74. The zero-order valence-corrected chi connectivity index (χ0v) is 12.4. The molecule has 2 aromatic rings. The van der Waals surface area contributed by atoms with Gasteiger partial charge in [-0.3, -0.25) is 0 Å². The molecular weight excluding hydrogens is 305 g/mol. The molecule has 1 aromatic heterocycles. The van der Waals surface area contributed by atoms with Crippen LogP contribution in [-0.2, 0) is 6.18 Å². The molecule has 0 amide bonds. The van der Waals surface area contributed by atoms with E-state index in [4.69, 9.17) is 11.6 Å². The van der Waals surface area contributed by atoms with E-state index < -0.39 is 11.7 Å². The Morgan fingerprint density at radius 3 is 2.57 bits per heavy atom. The maximum Gasteiger partial charge on any atom is 0.418 e. The standard InChI is InChI=1S/C13H14ClF3N4/c1-7(18-3)12-8(2)21(20-19-12)11-5-4-9(14)6-10(11)13(15,16)17/h4-7,18H,1-3H3. The molecule has 0 aliphatic carbocycles. The Morgan fingerprint density at radius 1 is 1.33 bits per heavy atom. The zero-order chi connectivity index (χ0) is 15.8. The van der Waals surface area contributed by atoms with E-state index in [9.17, 15) is 13.2 Å². The van der Waals surface area contributed by atoms with Crippen LogP contribution in [0, 0.1) is 6.92 Å². The molecule has 0 bridgehead atoms. The van der Waals surface area contributed by atoms with Crippen molar-refractivity contribution in [2.75, 3.05) is 7.05 Å². The van der Waals surface area contributed by atoms with E-state index in [1.54, 1.807) is 14.0 Å². The molecule has 0 radical (unpaired) electrons. The van der Waals surface area contributed by atoms with Gasteiger partial charge in [-0.25, -0.2) is 4.68 Å². The van der Waals surface area contributed by atoms with Crippen molar-refractivity contribution in [3.8, 4) is 5.69 Å². The second-order valence-corrected chi connectivity index (χ2v) is 5.08. The van der Waals surface area contributed by atoms with Crippen molar-refractivity contribution < 1.29 is 13.2 Å². The molecule has 0 spiro atoms. The van der Waals surface area contributed by atoms with Gasteiger partial charge in [0, 0.05) is 5.02 Å². The first-order valence-electron chi connectivity index (χ1n) is 6.22. The summed E-state index contributed by atoms with van der Waals surface area (Å²) < 4.78 is 40.6. The summed E-state index contributed by atoms with van der Waals surface area (Å²) in [6.07, 6.45) is -4.52. The van der Waals surface area contributed by atoms with Gasteiger partial charge in [-0.2, -0.15) is 13.2 Å². The second kappa shape index (κ2) is 5.65. The quantitative estimate of drug-likeness (QED) is 0.941. The first-order valence-corrected chi connectivity index (χ1v) is 6.60. The van der Waals surface area contributed by atoms with Crippen LogP contribution in [0.1, 0.15) is 29.9 Å². The normalized spacial score (nSPS) is 13.5. The van der Waals surface area contributed by atoms with E-state index in [1.165, 1.54) is 16.8 Å². The molecule has 0 aliphatic heterocycles. The van der Waals surface area contributed by atoms with Crippen molar-refractivity contribution in [3.05, 3.63) is 40.2 Å². The van der Waals surface area contributed by atoms with E-state index in [-0.39, 0.29) is 16.8 Å². The third kappa shape index (κ3) is 3.03. The molecule has 0 saturated carbocycles. The van der Waals surface area contributed by atoms with Crippen LogP contribution < -0.4 is 5.32 Å². The number of alkyl halides is 3. The van der Waals surface area contributed by atoms with Crippen molar-refractivity contribution >= 4 is 11.6 Å². The highest BCUT2D eigenvalue weighted by molar-refractivity contribution is 6.30. The van der Waals surface area contributed by atoms with Gasteiger partial charge in [-0.1, -0.05) is 16.8 Å². The number of nitrogens with zero attached hydrogens (tertiary/aromatic N) is 3. The molecule has 0 aliphatic rings. The Kier molecular flexibility index (Phi) is 4.25. The van der Waals surface area contributed by atoms with Crippen LogP contribution >= 0.6 is 11.6 Å². The summed E-state index contributed by atoms with van der Waals surface area (Å²) in [5.41, 5.74) is 0.211. The minimum atomic E-state index is -4.52. The Bertz CT molecular complexity index is 651. The summed E-state index contributed by atoms with van der Waals surface area (Å²) >= 11 is 5.67. The Balaban J connectivity index is 2.60. The monoisotopic (exact) mass is 318 g/mol. The van der Waals surface area contributed by atoms with Crippen LogP contribution in [0.15, 0.2) is 18.2 Å². The number of hydrogen-bond acceptors (Lipinski definition) is 3. The fourth-order valence-electron chi connectivity index (χ4n) is 2.03. The molecule has 2 rings (SSSR count). The zero-order valence-electron chi connectivity index (χ0n) is 11.7. The predicted molar refractivity (Wildman–Crippen MR) is 73.6 cm³/mol. The lowest BCUT2D eigenvalue weighted by Gasteiger charge is -2.14. The number of rotatable bonds is 3. The van der Waals surface area contributed by atoms with Gasteiger partial charge in [0.05, 0.1) is 23.0 Å². The summed E-state index contributed by atoms with van der Waals surface area (Å²) in [6, 6.07) is 3.47. The van der Waals surface area contributed by atoms with Gasteiger partial charge in [0.25, 0.3) is 0 Å². The van der Waals surface area contributed by atoms with Crippen molar-refractivity contribution in [2.45, 2.75) is 26.1 Å². The molecular formula is C13H14ClF3N4. The summed E-state index contributed by atoms with van der Waals surface area (Å²) in [4.78, 5) is 0. The third-order valence-corrected chi connectivity index (χ3v) is 3.50. The highest BCUT2D eigenvalue weighted by Crippen LogP contribution is 2.36. The lowest BCUT2D eigenvalue weighted by Crippen LogP contribution is -2.15. The van der Waals surface area contributed by atoms with E-state index in [1.807, 2.05) is 6.92 Å². The number of benzene rings is 1. The van der Waals surface area contributed by atoms with Gasteiger partial charge in [0.1, 0.15) is 5.69 Å². The number of hydrogen-bond donors (Lipinski definition) is 1. The van der Waals surface area contributed by atoms with E-state index in [2.05, 4.69) is 15.6 Å². The molecule has 1 heterocycles. The molecule has 8 heteroatoms. The fourth-order valence-corrected chi connectivity index (χ4v) is 2.20. The molecule has 1 N–H and O–H groups in total. The highest BCUT2D eigenvalue weighted by atomic mass is 35.5. The van der Waals surface area contributed by atoms with E-state index >= 15 is 0 Å². The predicted octanol–water partition coefficient (Wildman–Crippen LogP) is 3.53. The van der Waals surface area contributed by atoms with Crippen molar-refractivity contribution in [3.63, 3.8) is 0 Å². The van der Waals surface area contributed by atoms with Gasteiger partial charge in [0.2, 0.25) is 0 Å². The average molecular weight is 319 g/mol. The summed E-state index contributed by atoms with van der Waals surface area (Å²) in [6.45, 7) is 3.53. The lowest BCUT2D eigenvalue weighted by atomic mass is 10.1. The van der Waals surface area contributed by atoms with Gasteiger partial charge in [-0.05, 0) is 39.1 Å². The summed E-state index contributed by atoms with van der Waals surface area (Å²) in [5.74, 6) is 0. The molecule has 21 heavy (non-hydrogen) atoms. The lowest BCUT2D eigenvalue weighted by molar-refractivity contribution is -0.137. The summed E-state index contributed by atoms with van der Waals surface area (Å²) in [5, 5.41) is 10.8. The molecule has 1 atom stereocenters. The van der Waals surface area contributed by atoms with Crippen LogP contribution in [0.4, 0.5) is 13.2 Å². The number of nitrogens with one attached hydrogen (secondary N) is 1. The van der Waals surface area contributed by atoms with Crippen LogP contribution in [-0.4, -0.2) is 22.0 Å². The van der Waals surface area contributed by atoms with E-state index in [0.717, 1.165) is 6.07 Å². The third-order valence-electron chi connectivity index (χ3n) is 3.27. The maximum atomic E-state index is 13.1. The molecule has 0 fully saturated rings. The number of aromatic nitrogens is 3. The average Bonchev–Trinajstić information content (AvgIpc) is 2.79. The molecule has 1 unspecified atom stereocenters. The van der Waals surface area contributed by atoms with Crippen molar-refractivity contribution in [1.82, 2.24) is 20.3 Å². The highest BCUT2D eigenvalue weighted by Gasteiger charge is 2.35. The fraction of sp³-hybridized carbons (Fsp3) is 0.385. The largest absolute Gasteiger partial charge is 0.418 e. The van der Waals surface area contributed by atoms with E-state index in [0.29, 0.717) is 11.4 Å². The van der Waals surface area contributed by atoms with Crippen LogP contribution in [0.2, 0.25) is 5.02 Å². The topological polar surface area (TPSA) is 42.7 Å². The van der Waals surface area contributed by atoms with Crippen molar-refractivity contribution in [1.29, 1.82) is 0 Å². The maximum absolute atomic E-state index is 13.1. The van der Waals surface area contributed by atoms with Crippen LogP contribution in [0.3, 0.4) is 0 Å². The molecule has 1 aromatic carbocycles. The second-order valence-electron chi connectivity index (χ2n) is 4.64. The van der Waals surface area contributed by atoms with Gasteiger partial charge in [0.15, 0.2) is 0 Å². The van der Waals surface area contributed by atoms with Gasteiger partial charge in [-0.15, -0.1) is 5.10 Å². The Hall–Kier alpha value is -1.60. The molecule has 0 saturated heterocycles.